The van der Waals surface area contributed by atoms with Crippen LogP contribution in [0.15, 0.2) is 47.1 Å². The Morgan fingerprint density at radius 1 is 1.30 bits per heavy atom. The largest absolute Gasteiger partial charge is 0.350 e. The highest BCUT2D eigenvalue weighted by Gasteiger charge is 2.07. The topological polar surface area (TPSA) is 68.0 Å². The van der Waals surface area contributed by atoms with Crippen LogP contribution in [-0.4, -0.2) is 17.4 Å². The van der Waals surface area contributed by atoms with Crippen LogP contribution < -0.4 is 11.1 Å². The molecule has 20 heavy (non-hydrogen) atoms. The van der Waals surface area contributed by atoms with Crippen LogP contribution in [0.4, 0.5) is 0 Å². The van der Waals surface area contributed by atoms with E-state index in [-0.39, 0.29) is 5.91 Å². The average Bonchev–Trinajstić information content (AvgIpc) is 2.49. The fourth-order valence-electron chi connectivity index (χ4n) is 1.83. The number of pyridine rings is 1. The second-order valence-electron chi connectivity index (χ2n) is 4.35. The van der Waals surface area contributed by atoms with E-state index in [1.807, 2.05) is 24.3 Å². The molecule has 2 rings (SSSR count). The summed E-state index contributed by atoms with van der Waals surface area (Å²) in [6.45, 7) is 0.968. The van der Waals surface area contributed by atoms with Gasteiger partial charge in [0.2, 0.25) is 0 Å². The lowest BCUT2D eigenvalue weighted by atomic mass is 10.1. The highest BCUT2D eigenvalue weighted by Crippen LogP contribution is 2.15. The summed E-state index contributed by atoms with van der Waals surface area (Å²) in [5.74, 6) is -0.174. The van der Waals surface area contributed by atoms with Crippen LogP contribution >= 0.6 is 15.9 Å². The molecule has 0 aliphatic carbocycles. The first kappa shape index (κ1) is 14.7. The minimum atomic E-state index is -0.174. The predicted octanol–water partition coefficient (Wildman–Crippen LogP) is 2.28. The molecule has 1 aromatic carbocycles. The van der Waals surface area contributed by atoms with Crippen molar-refractivity contribution in [1.82, 2.24) is 10.3 Å². The Bertz CT molecular complexity index is 601. The lowest BCUT2D eigenvalue weighted by Gasteiger charge is -2.07. The number of hydrogen-bond acceptors (Lipinski definition) is 3. The molecule has 5 heteroatoms. The number of hydrogen-bond donors (Lipinski definition) is 2. The molecule has 4 nitrogen and oxygen atoms in total. The first-order valence-electron chi connectivity index (χ1n) is 6.37. The first-order valence-corrected chi connectivity index (χ1v) is 7.16. The van der Waals surface area contributed by atoms with Gasteiger partial charge in [-0.3, -0.25) is 9.78 Å². The van der Waals surface area contributed by atoms with Gasteiger partial charge in [-0.25, -0.2) is 0 Å². The van der Waals surface area contributed by atoms with E-state index >= 15 is 0 Å². The van der Waals surface area contributed by atoms with Crippen molar-refractivity contribution in [3.8, 4) is 0 Å². The molecule has 2 aromatic rings. The zero-order valence-corrected chi connectivity index (χ0v) is 12.6. The smallest absolute Gasteiger partial charge is 0.269 e. The van der Waals surface area contributed by atoms with Crippen LogP contribution in [-0.2, 0) is 13.0 Å². The zero-order valence-electron chi connectivity index (χ0n) is 11.0. The van der Waals surface area contributed by atoms with E-state index in [9.17, 15) is 4.79 Å². The van der Waals surface area contributed by atoms with Gasteiger partial charge in [0.15, 0.2) is 0 Å². The van der Waals surface area contributed by atoms with Crippen LogP contribution in [0.2, 0.25) is 0 Å². The molecule has 1 heterocycles. The molecule has 0 atom stereocenters. The number of amides is 1. The van der Waals surface area contributed by atoms with Gasteiger partial charge in [0.05, 0.1) is 0 Å². The first-order chi connectivity index (χ1) is 9.70. The van der Waals surface area contributed by atoms with Crippen molar-refractivity contribution in [3.05, 3.63) is 63.9 Å². The summed E-state index contributed by atoms with van der Waals surface area (Å²) in [6.07, 6.45) is 2.37. The second kappa shape index (κ2) is 7.17. The fraction of sp³-hybridized carbons (Fsp3) is 0.200. The van der Waals surface area contributed by atoms with Crippen LogP contribution in [0.25, 0.3) is 0 Å². The maximum Gasteiger partial charge on any atom is 0.269 e. The number of halogens is 1. The number of nitrogens with two attached hydrogens (primary N) is 1. The summed E-state index contributed by atoms with van der Waals surface area (Å²) in [4.78, 5) is 16.0. The molecular weight excluding hydrogens is 318 g/mol. The Morgan fingerprint density at radius 3 is 2.85 bits per heavy atom. The van der Waals surface area contributed by atoms with Crippen molar-refractivity contribution in [2.45, 2.75) is 13.0 Å². The molecule has 0 saturated heterocycles. The Morgan fingerprint density at radius 2 is 2.10 bits per heavy atom. The molecule has 104 valence electrons. The summed E-state index contributed by atoms with van der Waals surface area (Å²) in [6, 6.07) is 11.5. The van der Waals surface area contributed by atoms with E-state index in [1.165, 1.54) is 0 Å². The summed E-state index contributed by atoms with van der Waals surface area (Å²) >= 11 is 3.49. The number of aromatic nitrogens is 1. The van der Waals surface area contributed by atoms with Crippen molar-refractivity contribution in [2.24, 2.45) is 5.73 Å². The molecule has 0 bridgehead atoms. The summed E-state index contributed by atoms with van der Waals surface area (Å²) in [5.41, 5.74) is 8.01. The van der Waals surface area contributed by atoms with Gasteiger partial charge in [-0.05, 0) is 35.7 Å². The van der Waals surface area contributed by atoms with Crippen LogP contribution in [0.3, 0.4) is 0 Å². The van der Waals surface area contributed by atoms with Crippen molar-refractivity contribution in [2.75, 3.05) is 6.54 Å². The number of rotatable bonds is 5. The van der Waals surface area contributed by atoms with Gasteiger partial charge in [0.1, 0.15) is 5.69 Å². The monoisotopic (exact) mass is 333 g/mol. The van der Waals surface area contributed by atoms with E-state index in [0.717, 1.165) is 22.0 Å². The van der Waals surface area contributed by atoms with E-state index < -0.39 is 0 Å². The van der Waals surface area contributed by atoms with Crippen LogP contribution in [0, 0.1) is 0 Å². The third kappa shape index (κ3) is 3.88. The standard InChI is InChI=1S/C15H16BrN3O/c16-13-4-2-1-3-12(13)6-8-19-15(20)14-9-11(10-17)5-7-18-14/h1-5,7,9H,6,8,10,17H2,(H,19,20). The zero-order chi connectivity index (χ0) is 14.4. The third-order valence-corrected chi connectivity index (χ3v) is 3.70. The van der Waals surface area contributed by atoms with Gasteiger partial charge in [0, 0.05) is 23.8 Å². The SMILES string of the molecule is NCc1ccnc(C(=O)NCCc2ccccc2Br)c1. The van der Waals surface area contributed by atoms with Crippen molar-refractivity contribution < 1.29 is 4.79 Å². The Kier molecular flexibility index (Phi) is 5.26. The summed E-state index contributed by atoms with van der Waals surface area (Å²) in [7, 11) is 0. The molecular formula is C15H16BrN3O. The van der Waals surface area contributed by atoms with Crippen LogP contribution in [0.1, 0.15) is 21.6 Å². The molecule has 0 aliphatic rings. The van der Waals surface area contributed by atoms with Crippen molar-refractivity contribution in [1.29, 1.82) is 0 Å². The minimum Gasteiger partial charge on any atom is -0.350 e. The highest BCUT2D eigenvalue weighted by atomic mass is 79.9. The van der Waals surface area contributed by atoms with Gasteiger partial charge in [-0.15, -0.1) is 0 Å². The molecule has 0 saturated carbocycles. The molecule has 0 spiro atoms. The maximum atomic E-state index is 12.0. The average molecular weight is 334 g/mol. The van der Waals surface area contributed by atoms with Gasteiger partial charge >= 0.3 is 0 Å². The molecule has 0 aliphatic heterocycles. The molecule has 3 N–H and O–H groups in total. The van der Waals surface area contributed by atoms with E-state index in [0.29, 0.717) is 18.8 Å². The van der Waals surface area contributed by atoms with Crippen molar-refractivity contribution >= 4 is 21.8 Å². The normalized spacial score (nSPS) is 10.3. The molecule has 1 aromatic heterocycles. The molecule has 0 unspecified atom stereocenters. The fourth-order valence-corrected chi connectivity index (χ4v) is 2.31. The number of carbonyl (C=O) groups excluding carboxylic acids is 1. The molecule has 0 radical (unpaired) electrons. The van der Waals surface area contributed by atoms with E-state index in [1.54, 1.807) is 18.3 Å². The van der Waals surface area contributed by atoms with Gasteiger partial charge < -0.3 is 11.1 Å². The molecule has 0 fully saturated rings. The summed E-state index contributed by atoms with van der Waals surface area (Å²) in [5, 5.41) is 2.86. The third-order valence-electron chi connectivity index (χ3n) is 2.93. The number of nitrogens with one attached hydrogen (secondary N) is 1. The van der Waals surface area contributed by atoms with E-state index in [2.05, 4.69) is 26.2 Å². The molecule has 1 amide bonds. The minimum absolute atomic E-state index is 0.174. The number of carbonyl (C=O) groups is 1. The summed E-state index contributed by atoms with van der Waals surface area (Å²) < 4.78 is 1.05. The van der Waals surface area contributed by atoms with Crippen molar-refractivity contribution in [3.63, 3.8) is 0 Å². The van der Waals surface area contributed by atoms with Gasteiger partial charge in [-0.2, -0.15) is 0 Å². The lowest BCUT2D eigenvalue weighted by Crippen LogP contribution is -2.26. The van der Waals surface area contributed by atoms with E-state index in [4.69, 9.17) is 5.73 Å². The number of benzene rings is 1. The number of nitrogens with zero attached hydrogens (tertiary/aromatic N) is 1. The van der Waals surface area contributed by atoms with Crippen LogP contribution in [0.5, 0.6) is 0 Å². The Labute approximate surface area is 126 Å². The lowest BCUT2D eigenvalue weighted by molar-refractivity contribution is 0.0949. The highest BCUT2D eigenvalue weighted by molar-refractivity contribution is 9.10. The Hall–Kier alpha value is -1.72. The predicted molar refractivity (Wildman–Crippen MR) is 82.3 cm³/mol. The quantitative estimate of drug-likeness (QED) is 0.881. The second-order valence-corrected chi connectivity index (χ2v) is 5.21. The maximum absolute atomic E-state index is 12.0. The Balaban J connectivity index is 1.91. The van der Waals surface area contributed by atoms with Gasteiger partial charge in [-0.1, -0.05) is 34.1 Å². The van der Waals surface area contributed by atoms with Gasteiger partial charge in [0.25, 0.3) is 5.91 Å².